The minimum absolute atomic E-state index is 0.169. The third-order valence-corrected chi connectivity index (χ3v) is 4.42. The normalized spacial score (nSPS) is 23.5. The first kappa shape index (κ1) is 16.2. The summed E-state index contributed by atoms with van der Waals surface area (Å²) in [6, 6.07) is 2.48. The first-order valence-electron chi connectivity index (χ1n) is 7.82. The van der Waals surface area contributed by atoms with Crippen molar-refractivity contribution in [2.24, 2.45) is 16.8 Å². The molecule has 1 heterocycles. The number of allylic oxidation sites excluding steroid dienone is 3. The van der Waals surface area contributed by atoms with Crippen LogP contribution in [-0.2, 0) is 0 Å². The van der Waals surface area contributed by atoms with E-state index in [1.54, 1.807) is 0 Å². The van der Waals surface area contributed by atoms with Gasteiger partial charge >= 0.3 is 0 Å². The van der Waals surface area contributed by atoms with E-state index in [4.69, 9.17) is 5.26 Å². The zero-order valence-corrected chi connectivity index (χ0v) is 13.7. The molecule has 1 unspecified atom stereocenters. The van der Waals surface area contributed by atoms with Gasteiger partial charge in [-0.2, -0.15) is 10.4 Å². The summed E-state index contributed by atoms with van der Waals surface area (Å²) in [6.07, 6.45) is 10.7. The molecule has 1 aromatic rings. The molecule has 1 aliphatic rings. The Morgan fingerprint density at radius 1 is 1.64 bits per heavy atom. The molecular weight excluding hydrogens is 272 g/mol. The Morgan fingerprint density at radius 3 is 2.91 bits per heavy atom. The van der Waals surface area contributed by atoms with Crippen LogP contribution in [0, 0.1) is 23.2 Å². The second-order valence-electron chi connectivity index (χ2n) is 6.16. The van der Waals surface area contributed by atoms with Gasteiger partial charge in [0.25, 0.3) is 0 Å². The molecule has 0 spiro atoms. The predicted octanol–water partition coefficient (Wildman–Crippen LogP) is 4.39. The molecule has 4 heteroatoms. The highest BCUT2D eigenvalue weighted by atomic mass is 15.3. The van der Waals surface area contributed by atoms with Crippen LogP contribution in [-0.4, -0.2) is 16.5 Å². The maximum Gasteiger partial charge on any atom is 0.0755 e. The van der Waals surface area contributed by atoms with Gasteiger partial charge < -0.3 is 0 Å². The van der Waals surface area contributed by atoms with E-state index < -0.39 is 0 Å². The minimum Gasteiger partial charge on any atom is -0.268 e. The lowest BCUT2D eigenvalue weighted by Crippen LogP contribution is -2.30. The number of hydrogen-bond acceptors (Lipinski definition) is 3. The predicted molar refractivity (Wildman–Crippen MR) is 90.3 cm³/mol. The monoisotopic (exact) mass is 296 g/mol. The Kier molecular flexibility index (Phi) is 5.32. The smallest absolute Gasteiger partial charge is 0.0755 e. The van der Waals surface area contributed by atoms with Gasteiger partial charge in [0.2, 0.25) is 0 Å². The summed E-state index contributed by atoms with van der Waals surface area (Å²) >= 11 is 0. The van der Waals surface area contributed by atoms with E-state index in [0.717, 1.165) is 22.8 Å². The number of rotatable bonds is 6. The van der Waals surface area contributed by atoms with Gasteiger partial charge in [0.15, 0.2) is 0 Å². The Morgan fingerprint density at radius 2 is 2.36 bits per heavy atom. The molecule has 1 fully saturated rings. The summed E-state index contributed by atoms with van der Waals surface area (Å²) in [7, 11) is 0. The van der Waals surface area contributed by atoms with Gasteiger partial charge in [0.1, 0.15) is 0 Å². The molecule has 0 saturated heterocycles. The van der Waals surface area contributed by atoms with Gasteiger partial charge in [-0.25, -0.2) is 0 Å². The van der Waals surface area contributed by atoms with Crippen molar-refractivity contribution in [3.63, 3.8) is 0 Å². The number of nitrogens with zero attached hydrogens (tertiary/aromatic N) is 4. The van der Waals surface area contributed by atoms with Crippen molar-refractivity contribution in [1.82, 2.24) is 9.78 Å². The largest absolute Gasteiger partial charge is 0.268 e. The van der Waals surface area contributed by atoms with Crippen LogP contribution >= 0.6 is 0 Å². The lowest BCUT2D eigenvalue weighted by molar-refractivity contribution is 0.134. The highest BCUT2D eigenvalue weighted by Crippen LogP contribution is 2.42. The summed E-state index contributed by atoms with van der Waals surface area (Å²) in [4.78, 5) is 4.15. The average Bonchev–Trinajstić information content (AvgIpc) is 2.92. The highest BCUT2D eigenvalue weighted by molar-refractivity contribution is 5.71. The zero-order chi connectivity index (χ0) is 16.1. The second-order valence-corrected chi connectivity index (χ2v) is 6.16. The maximum absolute atomic E-state index is 9.11. The van der Waals surface area contributed by atoms with Gasteiger partial charge in [-0.15, -0.1) is 0 Å². The molecule has 0 aromatic carbocycles. The van der Waals surface area contributed by atoms with Crippen LogP contribution in [0.2, 0.25) is 0 Å². The molecule has 1 atom stereocenters. The van der Waals surface area contributed by atoms with Crippen LogP contribution in [0.3, 0.4) is 0 Å². The molecule has 116 valence electrons. The Balaban J connectivity index is 2.27. The lowest BCUT2D eigenvalue weighted by atomic mass is 9.71. The second kappa shape index (κ2) is 7.22. The van der Waals surface area contributed by atoms with Crippen molar-refractivity contribution in [3.8, 4) is 6.07 Å². The third-order valence-electron chi connectivity index (χ3n) is 4.42. The molecule has 0 N–H and O–H groups in total. The van der Waals surface area contributed by atoms with Gasteiger partial charge in [-0.1, -0.05) is 19.1 Å². The first-order valence-corrected chi connectivity index (χ1v) is 7.82. The van der Waals surface area contributed by atoms with Crippen LogP contribution in [0.15, 0.2) is 35.1 Å². The highest BCUT2D eigenvalue weighted by Gasteiger charge is 2.33. The molecule has 0 aliphatic heterocycles. The van der Waals surface area contributed by atoms with Crippen LogP contribution in [0.5, 0.6) is 0 Å². The first-order chi connectivity index (χ1) is 10.6. The van der Waals surface area contributed by atoms with Crippen LogP contribution < -0.4 is 0 Å². The molecule has 0 radical (unpaired) electrons. The molecule has 0 bridgehead atoms. The Hall–Kier alpha value is -2.15. The Bertz CT molecular complexity index is 624. The Labute approximate surface area is 132 Å². The SMILES string of the molecule is C=N/C(=C(C)/C=C\C)c1cnn(C(CC#N)C2CC(C)C2)c1. The molecule has 2 rings (SSSR count). The van der Waals surface area contributed by atoms with Crippen LogP contribution in [0.1, 0.15) is 51.6 Å². The van der Waals surface area contributed by atoms with E-state index in [2.05, 4.69) is 29.8 Å². The van der Waals surface area contributed by atoms with E-state index in [0.29, 0.717) is 12.3 Å². The summed E-state index contributed by atoms with van der Waals surface area (Å²) in [5, 5.41) is 13.6. The number of aromatic nitrogens is 2. The molecule has 1 saturated carbocycles. The van der Waals surface area contributed by atoms with E-state index in [1.807, 2.05) is 43.1 Å². The third kappa shape index (κ3) is 3.36. The molecule has 1 aliphatic carbocycles. The summed E-state index contributed by atoms with van der Waals surface area (Å²) in [5.41, 5.74) is 2.87. The molecular formula is C18H24N4. The van der Waals surface area contributed by atoms with E-state index >= 15 is 0 Å². The molecule has 0 amide bonds. The summed E-state index contributed by atoms with van der Waals surface area (Å²) in [5.74, 6) is 1.33. The number of hydrogen-bond donors (Lipinski definition) is 0. The number of nitriles is 1. The standard InChI is InChI=1S/C18H24N4/c1-5-6-14(3)18(20-4)16-11-21-22(12-16)17(7-8-19)15-9-13(2)10-15/h5-6,11-13,15,17H,4,7,9-10H2,1-3H3/b6-5-,18-14+. The number of aliphatic imine (C=N–C) groups is 1. The minimum atomic E-state index is 0.169. The van der Waals surface area contributed by atoms with E-state index in [9.17, 15) is 0 Å². The zero-order valence-electron chi connectivity index (χ0n) is 13.7. The van der Waals surface area contributed by atoms with Crippen molar-refractivity contribution < 1.29 is 0 Å². The maximum atomic E-state index is 9.11. The molecule has 22 heavy (non-hydrogen) atoms. The van der Waals surface area contributed by atoms with E-state index in [1.165, 1.54) is 12.8 Å². The fraction of sp³-hybridized carbons (Fsp3) is 0.500. The van der Waals surface area contributed by atoms with Crippen molar-refractivity contribution >= 4 is 12.4 Å². The van der Waals surface area contributed by atoms with Gasteiger partial charge in [0, 0.05) is 11.8 Å². The van der Waals surface area contributed by atoms with Crippen molar-refractivity contribution in [2.75, 3.05) is 0 Å². The molecule has 4 nitrogen and oxygen atoms in total. The lowest BCUT2D eigenvalue weighted by Gasteiger charge is -2.37. The van der Waals surface area contributed by atoms with Gasteiger partial charge in [-0.3, -0.25) is 9.67 Å². The van der Waals surface area contributed by atoms with Crippen molar-refractivity contribution in [3.05, 3.63) is 35.7 Å². The van der Waals surface area contributed by atoms with Gasteiger partial charge in [0.05, 0.1) is 30.4 Å². The summed E-state index contributed by atoms with van der Waals surface area (Å²) < 4.78 is 1.95. The fourth-order valence-corrected chi connectivity index (χ4v) is 3.26. The van der Waals surface area contributed by atoms with Crippen LogP contribution in [0.4, 0.5) is 0 Å². The van der Waals surface area contributed by atoms with Crippen molar-refractivity contribution in [2.45, 2.75) is 46.1 Å². The van der Waals surface area contributed by atoms with Crippen LogP contribution in [0.25, 0.3) is 5.70 Å². The summed E-state index contributed by atoms with van der Waals surface area (Å²) in [6.45, 7) is 9.93. The quantitative estimate of drug-likeness (QED) is 0.577. The topological polar surface area (TPSA) is 54.0 Å². The van der Waals surface area contributed by atoms with E-state index in [-0.39, 0.29) is 6.04 Å². The average molecular weight is 296 g/mol. The van der Waals surface area contributed by atoms with Crippen molar-refractivity contribution in [1.29, 1.82) is 5.26 Å². The molecule has 1 aromatic heterocycles. The fourth-order valence-electron chi connectivity index (χ4n) is 3.26. The van der Waals surface area contributed by atoms with Gasteiger partial charge in [-0.05, 0) is 50.8 Å².